The Morgan fingerprint density at radius 1 is 1.64 bits per heavy atom. The molecule has 1 heterocycles. The van der Waals surface area contributed by atoms with Crippen molar-refractivity contribution >= 4 is 22.6 Å². The standard InChI is InChI=1S/C11H20INO/c1-8(12)7-10(3)14-11-6-4-5-9(2)13-11/h6,8-10,13H,4-5,7H2,1-3H3/t8?,9?,10-/m0/s1. The molecule has 2 nitrogen and oxygen atoms in total. The molecular weight excluding hydrogens is 289 g/mol. The summed E-state index contributed by atoms with van der Waals surface area (Å²) in [6, 6.07) is 0.555. The topological polar surface area (TPSA) is 21.3 Å². The molecule has 0 aliphatic carbocycles. The number of nitrogens with one attached hydrogen (secondary N) is 1. The molecule has 1 rings (SSSR count). The highest BCUT2D eigenvalue weighted by atomic mass is 127. The van der Waals surface area contributed by atoms with Gasteiger partial charge in [-0.1, -0.05) is 29.5 Å². The van der Waals surface area contributed by atoms with Crippen LogP contribution in [-0.2, 0) is 4.74 Å². The largest absolute Gasteiger partial charge is 0.476 e. The van der Waals surface area contributed by atoms with Gasteiger partial charge in [0.25, 0.3) is 0 Å². The SMILES string of the molecule is CC(I)C[C@H](C)OC1=CCCC(C)N1. The van der Waals surface area contributed by atoms with E-state index in [9.17, 15) is 0 Å². The second-order valence-corrected chi connectivity index (χ2v) is 6.26. The van der Waals surface area contributed by atoms with Crippen molar-refractivity contribution in [2.24, 2.45) is 0 Å². The van der Waals surface area contributed by atoms with Gasteiger partial charge in [0.1, 0.15) is 0 Å². The summed E-state index contributed by atoms with van der Waals surface area (Å²) in [6.07, 6.45) is 5.92. The summed E-state index contributed by atoms with van der Waals surface area (Å²) in [7, 11) is 0. The van der Waals surface area contributed by atoms with Gasteiger partial charge in [-0.25, -0.2) is 0 Å². The van der Waals surface area contributed by atoms with Crippen LogP contribution in [0.1, 0.15) is 40.0 Å². The van der Waals surface area contributed by atoms with E-state index in [0.29, 0.717) is 16.1 Å². The first-order chi connectivity index (χ1) is 6.58. The van der Waals surface area contributed by atoms with E-state index >= 15 is 0 Å². The van der Waals surface area contributed by atoms with Crippen LogP contribution in [0, 0.1) is 0 Å². The Morgan fingerprint density at radius 3 is 2.93 bits per heavy atom. The van der Waals surface area contributed by atoms with Crippen LogP contribution in [0.25, 0.3) is 0 Å². The van der Waals surface area contributed by atoms with Crippen molar-refractivity contribution in [3.63, 3.8) is 0 Å². The fraction of sp³-hybridized carbons (Fsp3) is 0.818. The minimum absolute atomic E-state index is 0.311. The monoisotopic (exact) mass is 309 g/mol. The molecule has 0 aromatic heterocycles. The molecule has 1 aliphatic heterocycles. The number of hydrogen-bond donors (Lipinski definition) is 1. The molecule has 82 valence electrons. The van der Waals surface area contributed by atoms with Gasteiger partial charge in [-0.15, -0.1) is 0 Å². The lowest BCUT2D eigenvalue weighted by Gasteiger charge is -2.25. The summed E-state index contributed by atoms with van der Waals surface area (Å²) in [4.78, 5) is 0. The second kappa shape index (κ2) is 5.83. The van der Waals surface area contributed by atoms with Gasteiger partial charge in [0.05, 0.1) is 6.10 Å². The number of allylic oxidation sites excluding steroid dienone is 1. The van der Waals surface area contributed by atoms with E-state index in [0.717, 1.165) is 18.7 Å². The Balaban J connectivity index is 2.32. The second-order valence-electron chi connectivity index (χ2n) is 4.14. The predicted molar refractivity (Wildman–Crippen MR) is 68.6 cm³/mol. The van der Waals surface area contributed by atoms with Gasteiger partial charge in [0.15, 0.2) is 5.88 Å². The van der Waals surface area contributed by atoms with Crippen LogP contribution in [0.3, 0.4) is 0 Å². The maximum absolute atomic E-state index is 5.82. The molecule has 0 radical (unpaired) electrons. The number of ether oxygens (including phenoxy) is 1. The van der Waals surface area contributed by atoms with Crippen LogP contribution in [0.15, 0.2) is 12.0 Å². The van der Waals surface area contributed by atoms with E-state index in [1.54, 1.807) is 0 Å². The quantitative estimate of drug-likeness (QED) is 0.636. The maximum Gasteiger partial charge on any atom is 0.182 e. The van der Waals surface area contributed by atoms with Crippen molar-refractivity contribution in [2.75, 3.05) is 0 Å². The first-order valence-corrected chi connectivity index (χ1v) is 6.60. The molecule has 0 amide bonds. The van der Waals surface area contributed by atoms with Crippen molar-refractivity contribution in [1.82, 2.24) is 5.32 Å². The molecule has 3 heteroatoms. The van der Waals surface area contributed by atoms with E-state index in [-0.39, 0.29) is 0 Å². The average molecular weight is 309 g/mol. The molecule has 2 unspecified atom stereocenters. The predicted octanol–water partition coefficient (Wildman–Crippen LogP) is 3.22. The molecule has 0 aromatic rings. The number of hydrogen-bond acceptors (Lipinski definition) is 2. The summed E-state index contributed by atoms with van der Waals surface area (Å²) in [5.41, 5.74) is 0. The molecular formula is C11H20INO. The van der Waals surface area contributed by atoms with Gasteiger partial charge in [-0.2, -0.15) is 0 Å². The molecule has 1 N–H and O–H groups in total. The summed E-state index contributed by atoms with van der Waals surface area (Å²) in [6.45, 7) is 6.55. The van der Waals surface area contributed by atoms with E-state index in [1.165, 1.54) is 6.42 Å². The van der Waals surface area contributed by atoms with Crippen molar-refractivity contribution in [2.45, 2.75) is 56.1 Å². The molecule has 0 spiro atoms. The van der Waals surface area contributed by atoms with E-state index in [1.807, 2.05) is 0 Å². The molecule has 0 saturated carbocycles. The Morgan fingerprint density at radius 2 is 2.36 bits per heavy atom. The zero-order valence-electron chi connectivity index (χ0n) is 9.22. The van der Waals surface area contributed by atoms with Crippen LogP contribution >= 0.6 is 22.6 Å². The molecule has 3 atom stereocenters. The fourth-order valence-electron chi connectivity index (χ4n) is 1.64. The number of alkyl halides is 1. The first kappa shape index (κ1) is 12.1. The van der Waals surface area contributed by atoms with Crippen LogP contribution < -0.4 is 5.32 Å². The van der Waals surface area contributed by atoms with Gasteiger partial charge in [0.2, 0.25) is 0 Å². The zero-order chi connectivity index (χ0) is 10.6. The summed E-state index contributed by atoms with van der Waals surface area (Å²) < 4.78 is 6.49. The highest BCUT2D eigenvalue weighted by molar-refractivity contribution is 14.1. The van der Waals surface area contributed by atoms with Gasteiger partial charge >= 0.3 is 0 Å². The maximum atomic E-state index is 5.82. The third kappa shape index (κ3) is 4.53. The minimum atomic E-state index is 0.311. The third-order valence-electron chi connectivity index (χ3n) is 2.30. The Kier molecular flexibility index (Phi) is 5.06. The first-order valence-electron chi connectivity index (χ1n) is 5.35. The van der Waals surface area contributed by atoms with Gasteiger partial charge in [-0.3, -0.25) is 0 Å². The zero-order valence-corrected chi connectivity index (χ0v) is 11.4. The molecule has 1 aliphatic rings. The lowest BCUT2D eigenvalue weighted by Crippen LogP contribution is -2.31. The van der Waals surface area contributed by atoms with E-state index < -0.39 is 0 Å². The highest BCUT2D eigenvalue weighted by Gasteiger charge is 2.13. The Hall–Kier alpha value is 0.0700. The van der Waals surface area contributed by atoms with Gasteiger partial charge in [0, 0.05) is 9.97 Å². The third-order valence-corrected chi connectivity index (χ3v) is 2.81. The lowest BCUT2D eigenvalue weighted by atomic mass is 10.1. The van der Waals surface area contributed by atoms with Gasteiger partial charge in [-0.05, 0) is 39.2 Å². The Labute approximate surface area is 101 Å². The van der Waals surface area contributed by atoms with Crippen molar-refractivity contribution < 1.29 is 4.74 Å². The van der Waals surface area contributed by atoms with E-state index in [4.69, 9.17) is 4.74 Å². The summed E-state index contributed by atoms with van der Waals surface area (Å²) in [5, 5.41) is 3.36. The smallest absolute Gasteiger partial charge is 0.182 e. The van der Waals surface area contributed by atoms with Crippen molar-refractivity contribution in [3.8, 4) is 0 Å². The van der Waals surface area contributed by atoms with Crippen LogP contribution in [-0.4, -0.2) is 16.1 Å². The average Bonchev–Trinajstić information content (AvgIpc) is 2.01. The van der Waals surface area contributed by atoms with Crippen molar-refractivity contribution in [3.05, 3.63) is 12.0 Å². The molecule has 0 saturated heterocycles. The number of halogens is 1. The van der Waals surface area contributed by atoms with Crippen LogP contribution in [0.4, 0.5) is 0 Å². The number of rotatable bonds is 4. The normalized spacial score (nSPS) is 26.0. The summed E-state index contributed by atoms with van der Waals surface area (Å²) >= 11 is 2.44. The van der Waals surface area contributed by atoms with Crippen molar-refractivity contribution in [1.29, 1.82) is 0 Å². The van der Waals surface area contributed by atoms with Crippen LogP contribution in [0.5, 0.6) is 0 Å². The lowest BCUT2D eigenvalue weighted by molar-refractivity contribution is 0.101. The molecule has 0 fully saturated rings. The Bertz CT molecular complexity index is 203. The highest BCUT2D eigenvalue weighted by Crippen LogP contribution is 2.16. The minimum Gasteiger partial charge on any atom is -0.476 e. The molecule has 0 bridgehead atoms. The van der Waals surface area contributed by atoms with Gasteiger partial charge < -0.3 is 10.1 Å². The summed E-state index contributed by atoms with van der Waals surface area (Å²) in [5.74, 6) is 0.980. The fourth-order valence-corrected chi connectivity index (χ4v) is 2.36. The van der Waals surface area contributed by atoms with E-state index in [2.05, 4.69) is 54.8 Å². The molecule has 14 heavy (non-hydrogen) atoms. The molecule has 0 aromatic carbocycles. The van der Waals surface area contributed by atoms with Crippen LogP contribution in [0.2, 0.25) is 0 Å².